The summed E-state index contributed by atoms with van der Waals surface area (Å²) in [6.45, 7) is 0.917. The number of ketones is 1. The summed E-state index contributed by atoms with van der Waals surface area (Å²) in [7, 11) is 0. The Morgan fingerprint density at radius 1 is 0.929 bits per heavy atom. The molecule has 1 aromatic heterocycles. The molecule has 0 bridgehead atoms. The van der Waals surface area contributed by atoms with E-state index >= 15 is 0 Å². The first-order chi connectivity index (χ1) is 20.3. The molecule has 11 heteroatoms. The van der Waals surface area contributed by atoms with Gasteiger partial charge in [-0.3, -0.25) is 14.4 Å². The van der Waals surface area contributed by atoms with Crippen LogP contribution in [0.1, 0.15) is 67.6 Å². The van der Waals surface area contributed by atoms with Crippen LogP contribution in [0, 0.1) is 5.82 Å². The number of nitrogens with two attached hydrogens (primary N) is 1. The fourth-order valence-corrected chi connectivity index (χ4v) is 4.46. The molecule has 4 rings (SSSR count). The van der Waals surface area contributed by atoms with E-state index in [-0.39, 0.29) is 29.6 Å². The molecule has 0 aliphatic rings. The number of hydrogen-bond donors (Lipinski definition) is 3. The highest BCUT2D eigenvalue weighted by molar-refractivity contribution is 6.30. The van der Waals surface area contributed by atoms with Gasteiger partial charge in [0.15, 0.2) is 0 Å². The van der Waals surface area contributed by atoms with E-state index < -0.39 is 23.5 Å². The Morgan fingerprint density at radius 3 is 2.36 bits per heavy atom. The van der Waals surface area contributed by atoms with Crippen LogP contribution in [-0.4, -0.2) is 46.9 Å². The zero-order valence-corrected chi connectivity index (χ0v) is 23.6. The maximum Gasteiger partial charge on any atom is 0.251 e. The number of unbranched alkanes of at least 4 members (excludes halogenated alkanes) is 1. The van der Waals surface area contributed by atoms with E-state index in [9.17, 15) is 18.8 Å². The second-order valence-electron chi connectivity index (χ2n) is 9.70. The molecular formula is C31H31ClFN5O4. The number of nitrogens with zero attached hydrogens (tertiary/aromatic N) is 2. The van der Waals surface area contributed by atoms with E-state index in [1.165, 1.54) is 24.3 Å². The maximum absolute atomic E-state index is 13.2. The van der Waals surface area contributed by atoms with Gasteiger partial charge in [-0.2, -0.15) is 4.98 Å². The fourth-order valence-electron chi connectivity index (χ4n) is 4.25. The fraction of sp³-hybridized carbons (Fsp3) is 0.258. The first-order valence-corrected chi connectivity index (χ1v) is 13.9. The van der Waals surface area contributed by atoms with E-state index in [2.05, 4.69) is 20.8 Å². The van der Waals surface area contributed by atoms with Gasteiger partial charge >= 0.3 is 0 Å². The predicted octanol–water partition coefficient (Wildman–Crippen LogP) is 4.54. The Labute approximate surface area is 247 Å². The minimum absolute atomic E-state index is 0.155. The molecule has 0 saturated heterocycles. The summed E-state index contributed by atoms with van der Waals surface area (Å²) < 4.78 is 18.5. The molecule has 0 radical (unpaired) electrons. The van der Waals surface area contributed by atoms with E-state index in [1.807, 2.05) is 18.2 Å². The van der Waals surface area contributed by atoms with Crippen LogP contribution in [0.25, 0.3) is 0 Å². The number of nitrogens with one attached hydrogen (secondary N) is 2. The van der Waals surface area contributed by atoms with Crippen molar-refractivity contribution in [3.8, 4) is 0 Å². The van der Waals surface area contributed by atoms with E-state index in [4.69, 9.17) is 21.9 Å². The molecule has 0 fully saturated rings. The number of carbonyl (C=O) groups excluding carboxylic acids is 3. The molecule has 42 heavy (non-hydrogen) atoms. The Kier molecular flexibility index (Phi) is 10.9. The number of Topliss-reactive ketones (excluding diaryl/α,β-unsaturated/α-hetero) is 1. The summed E-state index contributed by atoms with van der Waals surface area (Å²) in [6.07, 6.45) is 2.50. The molecule has 0 saturated carbocycles. The molecule has 0 aliphatic heterocycles. The third-order valence-corrected chi connectivity index (χ3v) is 6.76. The standard InChI is InChI=1S/C31H31ClFN5O4/c32-24-5-3-4-20(18-24)15-17-35-30(40)22-9-7-21(8-10-22)19-27-37-29(38-42-27)28(39)26(6-1-2-16-34)36-31(41)23-11-13-25(33)14-12-23/h3-5,7-14,18,26H,1-2,6,15-17,19,34H2,(H,35,40)(H,36,41). The first-order valence-electron chi connectivity index (χ1n) is 13.6. The van der Waals surface area contributed by atoms with E-state index in [0.717, 1.165) is 11.1 Å². The topological polar surface area (TPSA) is 140 Å². The molecule has 3 aromatic carbocycles. The zero-order chi connectivity index (χ0) is 29.9. The third-order valence-electron chi connectivity index (χ3n) is 6.52. The SMILES string of the molecule is NCCCCC(NC(=O)c1ccc(F)cc1)C(=O)c1noc(Cc2ccc(C(=O)NCCc3cccc(Cl)c3)cc2)n1. The quantitative estimate of drug-likeness (QED) is 0.144. The van der Waals surface area contributed by atoms with Crippen molar-refractivity contribution in [2.24, 2.45) is 5.73 Å². The average Bonchev–Trinajstić information content (AvgIpc) is 3.45. The lowest BCUT2D eigenvalue weighted by atomic mass is 10.0. The molecule has 1 heterocycles. The summed E-state index contributed by atoms with van der Waals surface area (Å²) in [4.78, 5) is 42.6. The van der Waals surface area contributed by atoms with Gasteiger partial charge in [-0.05, 0) is 91.9 Å². The number of halogens is 2. The van der Waals surface area contributed by atoms with Crippen LogP contribution in [0.5, 0.6) is 0 Å². The number of amides is 2. The van der Waals surface area contributed by atoms with Crippen molar-refractivity contribution in [2.45, 2.75) is 38.1 Å². The lowest BCUT2D eigenvalue weighted by molar-refractivity contribution is 0.0843. The Balaban J connectivity index is 1.33. The minimum Gasteiger partial charge on any atom is -0.352 e. The third kappa shape index (κ3) is 8.79. The first kappa shape index (κ1) is 30.5. The number of benzene rings is 3. The number of hydrogen-bond acceptors (Lipinski definition) is 7. The zero-order valence-electron chi connectivity index (χ0n) is 22.8. The molecule has 0 spiro atoms. The van der Waals surface area contributed by atoms with Gasteiger partial charge < -0.3 is 20.9 Å². The van der Waals surface area contributed by atoms with Gasteiger partial charge in [-0.25, -0.2) is 4.39 Å². The average molecular weight is 592 g/mol. The second-order valence-corrected chi connectivity index (χ2v) is 10.1. The Hall–Kier alpha value is -4.41. The second kappa shape index (κ2) is 15.0. The molecule has 1 unspecified atom stereocenters. The molecule has 9 nitrogen and oxygen atoms in total. The van der Waals surface area contributed by atoms with Gasteiger partial charge in [-0.1, -0.05) is 41.0 Å². The van der Waals surface area contributed by atoms with Gasteiger partial charge in [0.05, 0.1) is 12.5 Å². The molecule has 2 amide bonds. The van der Waals surface area contributed by atoms with Crippen LogP contribution < -0.4 is 16.4 Å². The van der Waals surface area contributed by atoms with E-state index in [1.54, 1.807) is 30.3 Å². The van der Waals surface area contributed by atoms with Gasteiger partial charge in [0, 0.05) is 22.7 Å². The maximum atomic E-state index is 13.2. The molecule has 0 aliphatic carbocycles. The lowest BCUT2D eigenvalue weighted by Crippen LogP contribution is -2.41. The molecule has 4 N–H and O–H groups in total. The van der Waals surface area contributed by atoms with Crippen molar-refractivity contribution in [3.05, 3.63) is 118 Å². The van der Waals surface area contributed by atoms with Crippen LogP contribution in [0.4, 0.5) is 4.39 Å². The summed E-state index contributed by atoms with van der Waals surface area (Å²) in [5.74, 6) is -1.62. The number of rotatable bonds is 14. The monoisotopic (exact) mass is 591 g/mol. The summed E-state index contributed by atoms with van der Waals surface area (Å²) >= 11 is 6.00. The van der Waals surface area contributed by atoms with Crippen LogP contribution in [0.15, 0.2) is 77.3 Å². The van der Waals surface area contributed by atoms with Gasteiger partial charge in [-0.15, -0.1) is 0 Å². The van der Waals surface area contributed by atoms with Crippen molar-refractivity contribution in [1.29, 1.82) is 0 Å². The number of carbonyl (C=O) groups is 3. The molecule has 1 atom stereocenters. The van der Waals surface area contributed by atoms with Crippen LogP contribution in [0.2, 0.25) is 5.02 Å². The molecule has 4 aromatic rings. The van der Waals surface area contributed by atoms with Crippen LogP contribution >= 0.6 is 11.6 Å². The van der Waals surface area contributed by atoms with Gasteiger partial charge in [0.25, 0.3) is 11.8 Å². The minimum atomic E-state index is -0.906. The number of aromatic nitrogens is 2. The highest BCUT2D eigenvalue weighted by Crippen LogP contribution is 2.14. The van der Waals surface area contributed by atoms with Gasteiger partial charge in [0.2, 0.25) is 17.5 Å². The normalized spacial score (nSPS) is 11.6. The van der Waals surface area contributed by atoms with Crippen LogP contribution in [-0.2, 0) is 12.8 Å². The predicted molar refractivity (Wildman–Crippen MR) is 156 cm³/mol. The Bertz CT molecular complexity index is 1510. The molecular weight excluding hydrogens is 561 g/mol. The smallest absolute Gasteiger partial charge is 0.251 e. The molecule has 218 valence electrons. The summed E-state index contributed by atoms with van der Waals surface area (Å²) in [6, 6.07) is 18.6. The highest BCUT2D eigenvalue weighted by Gasteiger charge is 2.26. The van der Waals surface area contributed by atoms with Crippen molar-refractivity contribution < 1.29 is 23.3 Å². The largest absolute Gasteiger partial charge is 0.352 e. The van der Waals surface area contributed by atoms with Crippen molar-refractivity contribution in [3.63, 3.8) is 0 Å². The summed E-state index contributed by atoms with van der Waals surface area (Å²) in [5.41, 5.74) is 8.15. The highest BCUT2D eigenvalue weighted by atomic mass is 35.5. The van der Waals surface area contributed by atoms with Crippen molar-refractivity contribution in [2.75, 3.05) is 13.1 Å². The summed E-state index contributed by atoms with van der Waals surface area (Å²) in [5, 5.41) is 10.1. The van der Waals surface area contributed by atoms with E-state index in [0.29, 0.717) is 49.4 Å². The van der Waals surface area contributed by atoms with Crippen molar-refractivity contribution in [1.82, 2.24) is 20.8 Å². The van der Waals surface area contributed by atoms with Crippen LogP contribution in [0.3, 0.4) is 0 Å². The Morgan fingerprint density at radius 2 is 1.64 bits per heavy atom. The van der Waals surface area contributed by atoms with Crippen molar-refractivity contribution >= 4 is 29.2 Å². The lowest BCUT2D eigenvalue weighted by Gasteiger charge is -2.16. The van der Waals surface area contributed by atoms with Gasteiger partial charge in [0.1, 0.15) is 5.82 Å².